The van der Waals surface area contributed by atoms with Gasteiger partial charge in [-0.1, -0.05) is 26.0 Å². The monoisotopic (exact) mass is 292 g/mol. The number of aromatic nitrogens is 1. The lowest BCUT2D eigenvalue weighted by atomic mass is 9.89. The van der Waals surface area contributed by atoms with Crippen LogP contribution in [0.15, 0.2) is 24.3 Å². The van der Waals surface area contributed by atoms with Crippen molar-refractivity contribution < 1.29 is 4.74 Å². The number of nitrogens with one attached hydrogen (secondary N) is 1. The summed E-state index contributed by atoms with van der Waals surface area (Å²) in [6.45, 7) is 8.50. The smallest absolute Gasteiger partial charge is 0.111 e. The first kappa shape index (κ1) is 15.4. The number of nitrogens with zero attached hydrogens (tertiary/aromatic N) is 1. The maximum Gasteiger partial charge on any atom is 0.111 e. The first-order valence-electron chi connectivity index (χ1n) is 7.10. The van der Waals surface area contributed by atoms with Crippen molar-refractivity contribution in [1.82, 2.24) is 10.3 Å². The standard InChI is InChI=1S/C16H24N2OS/c1-12(17-11-16(2,3)9-10-19-4)15-18-13-7-5-6-8-14(13)20-15/h5-8,12,17H,9-11H2,1-4H3. The van der Waals surface area contributed by atoms with Crippen molar-refractivity contribution in [3.05, 3.63) is 29.3 Å². The molecule has 1 atom stereocenters. The third kappa shape index (κ3) is 4.01. The average molecular weight is 292 g/mol. The minimum Gasteiger partial charge on any atom is -0.385 e. The van der Waals surface area contributed by atoms with Gasteiger partial charge in [-0.05, 0) is 30.9 Å². The number of rotatable bonds is 7. The third-order valence-corrected chi connectivity index (χ3v) is 4.77. The first-order valence-corrected chi connectivity index (χ1v) is 7.91. The molecular formula is C16H24N2OS. The summed E-state index contributed by atoms with van der Waals surface area (Å²) in [5.74, 6) is 0. The minimum atomic E-state index is 0.237. The Morgan fingerprint density at radius 1 is 1.35 bits per heavy atom. The Balaban J connectivity index is 1.96. The summed E-state index contributed by atoms with van der Waals surface area (Å²) >= 11 is 1.78. The number of fused-ring (bicyclic) bond motifs is 1. The van der Waals surface area contributed by atoms with Gasteiger partial charge in [-0.2, -0.15) is 0 Å². The van der Waals surface area contributed by atoms with Crippen LogP contribution < -0.4 is 5.32 Å². The van der Waals surface area contributed by atoms with Crippen molar-refractivity contribution >= 4 is 21.6 Å². The lowest BCUT2D eigenvalue weighted by Gasteiger charge is -2.26. The van der Waals surface area contributed by atoms with E-state index in [1.165, 1.54) is 4.70 Å². The van der Waals surface area contributed by atoms with E-state index in [0.29, 0.717) is 0 Å². The van der Waals surface area contributed by atoms with Crippen molar-refractivity contribution in [3.8, 4) is 0 Å². The van der Waals surface area contributed by atoms with Gasteiger partial charge in [0.05, 0.1) is 16.3 Å². The number of hydrogen-bond donors (Lipinski definition) is 1. The summed E-state index contributed by atoms with van der Waals surface area (Å²) in [5.41, 5.74) is 1.33. The van der Waals surface area contributed by atoms with E-state index in [9.17, 15) is 0 Å². The van der Waals surface area contributed by atoms with Crippen LogP contribution in [0.4, 0.5) is 0 Å². The molecule has 0 bridgehead atoms. The Labute approximate surface area is 125 Å². The molecule has 0 aliphatic heterocycles. The van der Waals surface area contributed by atoms with Gasteiger partial charge in [0.25, 0.3) is 0 Å². The fraction of sp³-hybridized carbons (Fsp3) is 0.562. The highest BCUT2D eigenvalue weighted by Gasteiger charge is 2.19. The Bertz CT molecular complexity index is 517. The molecule has 110 valence electrons. The molecule has 0 saturated carbocycles. The zero-order valence-electron chi connectivity index (χ0n) is 12.8. The molecule has 1 unspecified atom stereocenters. The molecule has 2 aromatic rings. The van der Waals surface area contributed by atoms with Crippen molar-refractivity contribution in [3.63, 3.8) is 0 Å². The van der Waals surface area contributed by atoms with Gasteiger partial charge < -0.3 is 10.1 Å². The molecule has 1 heterocycles. The highest BCUT2D eigenvalue weighted by atomic mass is 32.1. The highest BCUT2D eigenvalue weighted by molar-refractivity contribution is 7.18. The van der Waals surface area contributed by atoms with E-state index in [1.807, 2.05) is 6.07 Å². The lowest BCUT2D eigenvalue weighted by molar-refractivity contribution is 0.149. The number of para-hydroxylation sites is 1. The summed E-state index contributed by atoms with van der Waals surface area (Å²) < 4.78 is 6.43. The van der Waals surface area contributed by atoms with Gasteiger partial charge in [-0.25, -0.2) is 4.98 Å². The van der Waals surface area contributed by atoms with Gasteiger partial charge in [0.2, 0.25) is 0 Å². The fourth-order valence-electron chi connectivity index (χ4n) is 2.06. The molecule has 0 fully saturated rings. The van der Waals surface area contributed by atoms with E-state index in [4.69, 9.17) is 9.72 Å². The summed E-state index contributed by atoms with van der Waals surface area (Å²) in [5, 5.41) is 4.76. The molecule has 0 radical (unpaired) electrons. The molecule has 20 heavy (non-hydrogen) atoms. The molecule has 4 heteroatoms. The quantitative estimate of drug-likeness (QED) is 0.837. The van der Waals surface area contributed by atoms with Crippen LogP contribution in [-0.4, -0.2) is 25.2 Å². The molecule has 2 rings (SSSR count). The topological polar surface area (TPSA) is 34.1 Å². The van der Waals surface area contributed by atoms with Gasteiger partial charge >= 0.3 is 0 Å². The molecular weight excluding hydrogens is 268 g/mol. The second-order valence-corrected chi connectivity index (χ2v) is 7.09. The van der Waals surface area contributed by atoms with Gasteiger partial charge in [-0.15, -0.1) is 11.3 Å². The zero-order valence-corrected chi connectivity index (χ0v) is 13.6. The maximum absolute atomic E-state index is 5.17. The number of thiazole rings is 1. The van der Waals surface area contributed by atoms with Crippen LogP contribution >= 0.6 is 11.3 Å². The number of hydrogen-bond acceptors (Lipinski definition) is 4. The summed E-state index contributed by atoms with van der Waals surface area (Å²) in [6.07, 6.45) is 1.06. The van der Waals surface area contributed by atoms with Gasteiger partial charge in [0.1, 0.15) is 5.01 Å². The normalized spacial score (nSPS) is 13.8. The number of methoxy groups -OCH3 is 1. The second-order valence-electron chi connectivity index (χ2n) is 6.03. The van der Waals surface area contributed by atoms with Gasteiger partial charge in [0.15, 0.2) is 0 Å². The van der Waals surface area contributed by atoms with Crippen LogP contribution in [0.2, 0.25) is 0 Å². The van der Waals surface area contributed by atoms with E-state index < -0.39 is 0 Å². The van der Waals surface area contributed by atoms with E-state index in [1.54, 1.807) is 18.4 Å². The molecule has 0 aliphatic carbocycles. The van der Waals surface area contributed by atoms with Crippen LogP contribution in [0.3, 0.4) is 0 Å². The van der Waals surface area contributed by atoms with Crippen molar-refractivity contribution in [2.45, 2.75) is 33.2 Å². The van der Waals surface area contributed by atoms with Crippen LogP contribution in [0.25, 0.3) is 10.2 Å². The molecule has 0 amide bonds. The molecule has 0 spiro atoms. The fourth-order valence-corrected chi connectivity index (χ4v) is 3.05. The Morgan fingerprint density at radius 3 is 2.80 bits per heavy atom. The second kappa shape index (κ2) is 6.66. The third-order valence-electron chi connectivity index (χ3n) is 3.55. The Morgan fingerprint density at radius 2 is 2.10 bits per heavy atom. The van der Waals surface area contributed by atoms with E-state index >= 15 is 0 Å². The summed E-state index contributed by atoms with van der Waals surface area (Å²) in [7, 11) is 1.76. The van der Waals surface area contributed by atoms with E-state index in [-0.39, 0.29) is 11.5 Å². The van der Waals surface area contributed by atoms with Crippen molar-refractivity contribution in [1.29, 1.82) is 0 Å². The number of ether oxygens (including phenoxy) is 1. The molecule has 1 aromatic carbocycles. The molecule has 1 N–H and O–H groups in total. The van der Waals surface area contributed by atoms with E-state index in [0.717, 1.165) is 30.1 Å². The first-order chi connectivity index (χ1) is 9.52. The van der Waals surface area contributed by atoms with Crippen LogP contribution in [-0.2, 0) is 4.74 Å². The van der Waals surface area contributed by atoms with Crippen LogP contribution in [0.1, 0.15) is 38.2 Å². The summed E-state index contributed by atoms with van der Waals surface area (Å²) in [4.78, 5) is 4.71. The highest BCUT2D eigenvalue weighted by Crippen LogP contribution is 2.27. The zero-order chi connectivity index (χ0) is 14.6. The molecule has 1 aromatic heterocycles. The Kier molecular flexibility index (Phi) is 5.13. The van der Waals surface area contributed by atoms with Crippen molar-refractivity contribution in [2.75, 3.05) is 20.3 Å². The predicted octanol–water partition coefficient (Wildman–Crippen LogP) is 4.01. The average Bonchev–Trinajstić information content (AvgIpc) is 2.86. The largest absolute Gasteiger partial charge is 0.385 e. The van der Waals surface area contributed by atoms with Gasteiger partial charge in [0, 0.05) is 20.3 Å². The number of benzene rings is 1. The molecule has 3 nitrogen and oxygen atoms in total. The molecule has 0 saturated heterocycles. The van der Waals surface area contributed by atoms with Crippen LogP contribution in [0, 0.1) is 5.41 Å². The summed E-state index contributed by atoms with van der Waals surface area (Å²) in [6, 6.07) is 8.60. The lowest BCUT2D eigenvalue weighted by Crippen LogP contribution is -2.32. The minimum absolute atomic E-state index is 0.237. The van der Waals surface area contributed by atoms with Crippen molar-refractivity contribution in [2.24, 2.45) is 5.41 Å². The van der Waals surface area contributed by atoms with Crippen LogP contribution in [0.5, 0.6) is 0 Å². The van der Waals surface area contributed by atoms with E-state index in [2.05, 4.69) is 44.3 Å². The SMILES string of the molecule is COCCC(C)(C)CNC(C)c1nc2ccccc2s1. The molecule has 0 aliphatic rings. The Hall–Kier alpha value is -0.970. The maximum atomic E-state index is 5.17. The van der Waals surface area contributed by atoms with Gasteiger partial charge in [-0.3, -0.25) is 0 Å². The predicted molar refractivity (Wildman–Crippen MR) is 86.3 cm³/mol.